The first-order valence-electron chi connectivity index (χ1n) is 11.1. The molecule has 2 amide bonds. The highest BCUT2D eigenvalue weighted by atomic mass is 32.1. The number of nitrogens with one attached hydrogen (secondary N) is 2. The van der Waals surface area contributed by atoms with Gasteiger partial charge in [0.15, 0.2) is 5.13 Å². The first-order valence-corrected chi connectivity index (χ1v) is 11.9. The molecule has 2 aromatic heterocycles. The summed E-state index contributed by atoms with van der Waals surface area (Å²) < 4.78 is 0. The van der Waals surface area contributed by atoms with Gasteiger partial charge in [0.05, 0.1) is 10.6 Å². The largest absolute Gasteiger partial charge is 0.338 e. The van der Waals surface area contributed by atoms with E-state index in [2.05, 4.69) is 20.5 Å². The molecule has 34 heavy (non-hydrogen) atoms. The van der Waals surface area contributed by atoms with Crippen LogP contribution in [0.4, 0.5) is 21.4 Å². The Balaban J connectivity index is 1.57. The molecule has 1 aliphatic rings. The molecule has 0 saturated carbocycles. The molecule has 1 saturated heterocycles. The Labute approximate surface area is 201 Å². The number of pyridine rings is 1. The molecule has 3 aromatic rings. The number of nitro benzene ring substituents is 1. The van der Waals surface area contributed by atoms with Gasteiger partial charge in [-0.3, -0.25) is 15.0 Å². The first kappa shape index (κ1) is 23.6. The summed E-state index contributed by atoms with van der Waals surface area (Å²) in [6.45, 7) is 8.05. The number of carbonyl (C=O) groups excluding carboxylic acids is 1. The lowest BCUT2D eigenvalue weighted by Gasteiger charge is -2.34. The molecule has 2 N–H and O–H groups in total. The van der Waals surface area contributed by atoms with Crippen LogP contribution in [0.1, 0.15) is 17.4 Å². The van der Waals surface area contributed by atoms with Crippen molar-refractivity contribution in [2.75, 3.05) is 38.0 Å². The van der Waals surface area contributed by atoms with Crippen LogP contribution in [-0.4, -0.2) is 63.4 Å². The van der Waals surface area contributed by atoms with Crippen LogP contribution < -0.4 is 10.6 Å². The van der Waals surface area contributed by atoms with Gasteiger partial charge in [-0.05, 0) is 31.5 Å². The molecule has 10 nitrogen and oxygen atoms in total. The average molecular weight is 482 g/mol. The van der Waals surface area contributed by atoms with Crippen molar-refractivity contribution in [2.45, 2.75) is 20.4 Å². The van der Waals surface area contributed by atoms with Crippen LogP contribution in [0.2, 0.25) is 0 Å². The van der Waals surface area contributed by atoms with E-state index in [-0.39, 0.29) is 11.7 Å². The highest BCUT2D eigenvalue weighted by Gasteiger charge is 2.21. The van der Waals surface area contributed by atoms with Crippen molar-refractivity contribution in [3.05, 3.63) is 63.1 Å². The molecular weight excluding hydrogens is 454 g/mol. The predicted molar refractivity (Wildman–Crippen MR) is 132 cm³/mol. The van der Waals surface area contributed by atoms with Gasteiger partial charge in [0.1, 0.15) is 5.82 Å². The molecule has 178 valence electrons. The van der Waals surface area contributed by atoms with E-state index >= 15 is 0 Å². The fraction of sp³-hybridized carbons (Fsp3) is 0.348. The third-order valence-corrected chi connectivity index (χ3v) is 6.32. The SMILES string of the molecule is CCNC(=O)N1CCN(Cc2cc(Nc3ncc(C)s3)nc(-c3cccc([N+](=O)[O-])c3)c2)CC1. The lowest BCUT2D eigenvalue weighted by molar-refractivity contribution is -0.384. The average Bonchev–Trinajstić information content (AvgIpc) is 3.24. The number of thiazole rings is 1. The van der Waals surface area contributed by atoms with Gasteiger partial charge in [0.2, 0.25) is 0 Å². The molecule has 0 radical (unpaired) electrons. The Morgan fingerprint density at radius 1 is 1.21 bits per heavy atom. The van der Waals surface area contributed by atoms with Crippen molar-refractivity contribution in [3.63, 3.8) is 0 Å². The minimum absolute atomic E-state index is 0.0238. The summed E-state index contributed by atoms with van der Waals surface area (Å²) in [4.78, 5) is 37.2. The van der Waals surface area contributed by atoms with Crippen LogP contribution in [0.3, 0.4) is 0 Å². The zero-order valence-electron chi connectivity index (χ0n) is 19.2. The Kier molecular flexibility index (Phi) is 7.33. The number of carbonyl (C=O) groups is 1. The molecule has 0 atom stereocenters. The maximum absolute atomic E-state index is 12.1. The number of nitro groups is 1. The molecule has 1 fully saturated rings. The Bertz CT molecular complexity index is 1170. The smallest absolute Gasteiger partial charge is 0.317 e. The number of piperazine rings is 1. The van der Waals surface area contributed by atoms with Crippen molar-refractivity contribution in [2.24, 2.45) is 0 Å². The van der Waals surface area contributed by atoms with Gasteiger partial charge in [-0.25, -0.2) is 14.8 Å². The molecule has 1 aliphatic heterocycles. The first-order chi connectivity index (χ1) is 16.4. The lowest BCUT2D eigenvalue weighted by Crippen LogP contribution is -2.51. The maximum Gasteiger partial charge on any atom is 0.317 e. The number of aromatic nitrogens is 2. The summed E-state index contributed by atoms with van der Waals surface area (Å²) in [5, 5.41) is 18.1. The van der Waals surface area contributed by atoms with Crippen LogP contribution in [-0.2, 0) is 6.54 Å². The second-order valence-corrected chi connectivity index (χ2v) is 9.29. The summed E-state index contributed by atoms with van der Waals surface area (Å²) >= 11 is 1.53. The normalized spacial score (nSPS) is 14.1. The fourth-order valence-electron chi connectivity index (χ4n) is 3.82. The minimum Gasteiger partial charge on any atom is -0.338 e. The number of nitrogens with zero attached hydrogens (tertiary/aromatic N) is 5. The number of non-ortho nitro benzene ring substituents is 1. The van der Waals surface area contributed by atoms with Crippen molar-refractivity contribution >= 4 is 34.0 Å². The Morgan fingerprint density at radius 3 is 2.68 bits per heavy atom. The number of benzene rings is 1. The van der Waals surface area contributed by atoms with Crippen molar-refractivity contribution in [3.8, 4) is 11.3 Å². The van der Waals surface area contributed by atoms with Gasteiger partial charge >= 0.3 is 6.03 Å². The van der Waals surface area contributed by atoms with Crippen molar-refractivity contribution in [1.29, 1.82) is 0 Å². The Morgan fingerprint density at radius 2 is 2.00 bits per heavy atom. The van der Waals surface area contributed by atoms with Crippen LogP contribution in [0.5, 0.6) is 0 Å². The number of anilines is 2. The van der Waals surface area contributed by atoms with E-state index in [1.54, 1.807) is 12.3 Å². The zero-order valence-corrected chi connectivity index (χ0v) is 20.0. The molecule has 0 spiro atoms. The van der Waals surface area contributed by atoms with E-state index in [9.17, 15) is 14.9 Å². The van der Waals surface area contributed by atoms with Gasteiger partial charge in [-0.2, -0.15) is 0 Å². The maximum atomic E-state index is 12.1. The molecule has 0 unspecified atom stereocenters. The topological polar surface area (TPSA) is 117 Å². The van der Waals surface area contributed by atoms with Crippen LogP contribution in [0.25, 0.3) is 11.3 Å². The van der Waals surface area contributed by atoms with Gasteiger partial charge in [0, 0.05) is 68.0 Å². The molecule has 0 bridgehead atoms. The van der Waals surface area contributed by atoms with Crippen molar-refractivity contribution in [1.82, 2.24) is 25.1 Å². The third kappa shape index (κ3) is 5.86. The van der Waals surface area contributed by atoms with E-state index in [0.29, 0.717) is 43.3 Å². The van der Waals surface area contributed by atoms with Gasteiger partial charge in [-0.1, -0.05) is 12.1 Å². The molecule has 4 rings (SSSR count). The van der Waals surface area contributed by atoms with E-state index < -0.39 is 4.92 Å². The summed E-state index contributed by atoms with van der Waals surface area (Å²) in [5.74, 6) is 0.634. The lowest BCUT2D eigenvalue weighted by atomic mass is 10.1. The quantitative estimate of drug-likeness (QED) is 0.387. The summed E-state index contributed by atoms with van der Waals surface area (Å²) in [7, 11) is 0. The van der Waals surface area contributed by atoms with E-state index in [1.807, 2.05) is 36.9 Å². The van der Waals surface area contributed by atoms with Gasteiger partial charge < -0.3 is 15.5 Å². The van der Waals surface area contributed by atoms with E-state index in [4.69, 9.17) is 4.98 Å². The highest BCUT2D eigenvalue weighted by Crippen LogP contribution is 2.28. The zero-order chi connectivity index (χ0) is 24.1. The summed E-state index contributed by atoms with van der Waals surface area (Å²) in [5.41, 5.74) is 2.38. The number of hydrogen-bond acceptors (Lipinski definition) is 8. The monoisotopic (exact) mass is 481 g/mol. The van der Waals surface area contributed by atoms with Gasteiger partial charge in [0.25, 0.3) is 5.69 Å². The van der Waals surface area contributed by atoms with E-state index in [1.165, 1.54) is 23.5 Å². The number of urea groups is 1. The van der Waals surface area contributed by atoms with E-state index in [0.717, 1.165) is 28.7 Å². The second-order valence-electron chi connectivity index (χ2n) is 8.05. The highest BCUT2D eigenvalue weighted by molar-refractivity contribution is 7.15. The van der Waals surface area contributed by atoms with Crippen LogP contribution in [0.15, 0.2) is 42.6 Å². The van der Waals surface area contributed by atoms with Crippen LogP contribution in [0, 0.1) is 17.0 Å². The summed E-state index contributed by atoms with van der Waals surface area (Å²) in [6, 6.07) is 10.4. The molecule has 3 heterocycles. The minimum atomic E-state index is -0.404. The Hall–Kier alpha value is -3.57. The number of rotatable bonds is 7. The number of amides is 2. The number of hydrogen-bond donors (Lipinski definition) is 2. The van der Waals surface area contributed by atoms with Crippen molar-refractivity contribution < 1.29 is 9.72 Å². The van der Waals surface area contributed by atoms with Gasteiger partial charge in [-0.15, -0.1) is 11.3 Å². The van der Waals surface area contributed by atoms with Crippen LogP contribution >= 0.6 is 11.3 Å². The molecule has 1 aromatic carbocycles. The molecular formula is C23H27N7O3S. The third-order valence-electron chi connectivity index (χ3n) is 5.49. The molecule has 0 aliphatic carbocycles. The second kappa shape index (κ2) is 10.6. The standard InChI is InChI=1S/C23H27N7O3S/c1-3-24-23(31)29-9-7-28(8-10-29)15-17-11-20(18-5-4-6-19(13-18)30(32)33)26-21(12-17)27-22-25-14-16(2)34-22/h4-6,11-14H,3,7-10,15H2,1-2H3,(H,24,31)(H,25,26,27). The predicted octanol–water partition coefficient (Wildman–Crippen LogP) is 4.01. The fourth-order valence-corrected chi connectivity index (χ4v) is 4.49. The number of aryl methyl sites for hydroxylation is 1. The summed E-state index contributed by atoms with van der Waals surface area (Å²) in [6.07, 6.45) is 1.80. The molecule has 11 heteroatoms.